The minimum atomic E-state index is -0.353. The molecule has 1 heterocycles. The molecule has 0 spiro atoms. The van der Waals surface area contributed by atoms with E-state index in [-0.39, 0.29) is 11.7 Å². The maximum absolute atomic E-state index is 12.1. The van der Waals surface area contributed by atoms with Crippen LogP contribution in [0.3, 0.4) is 0 Å². The van der Waals surface area contributed by atoms with Gasteiger partial charge in [0.05, 0.1) is 11.4 Å². The minimum Gasteiger partial charge on any atom is -0.443 e. The first-order valence-electron chi connectivity index (χ1n) is 7.18. The molecule has 1 aromatic heterocycles. The number of aryl methyl sites for hydroxylation is 1. The Hall–Kier alpha value is -1.10. The topological polar surface area (TPSA) is 51.2 Å². The standard InChI is InChI=1S/C15H19BrN2O2/c1-10-13(8-12(16)9-17-10)18-14(19)20-15-5-2-11(3-6-15)4-7-15/h8-9,11H,2-7H2,1H3,(H,18,19). The summed E-state index contributed by atoms with van der Waals surface area (Å²) in [6.07, 6.45) is 8.00. The van der Waals surface area contributed by atoms with Crippen LogP contribution in [-0.4, -0.2) is 16.7 Å². The Balaban J connectivity index is 1.66. The molecule has 3 aliphatic rings. The zero-order valence-corrected chi connectivity index (χ0v) is 13.2. The average molecular weight is 339 g/mol. The maximum Gasteiger partial charge on any atom is 0.412 e. The summed E-state index contributed by atoms with van der Waals surface area (Å²) < 4.78 is 6.61. The molecule has 0 unspecified atom stereocenters. The van der Waals surface area contributed by atoms with E-state index in [1.807, 2.05) is 13.0 Å². The lowest BCUT2D eigenvalue weighted by Crippen LogP contribution is -2.44. The minimum absolute atomic E-state index is 0.216. The number of amides is 1. The zero-order chi connectivity index (χ0) is 14.2. The number of hydrogen-bond acceptors (Lipinski definition) is 3. The van der Waals surface area contributed by atoms with Crippen molar-refractivity contribution in [2.75, 3.05) is 5.32 Å². The third-order valence-electron chi connectivity index (χ3n) is 4.62. The first-order valence-corrected chi connectivity index (χ1v) is 7.98. The van der Waals surface area contributed by atoms with E-state index in [1.54, 1.807) is 6.20 Å². The Kier molecular flexibility index (Phi) is 3.71. The molecular weight excluding hydrogens is 320 g/mol. The highest BCUT2D eigenvalue weighted by atomic mass is 79.9. The SMILES string of the molecule is Cc1ncc(Br)cc1NC(=O)OC12CCC(CC1)CC2. The molecule has 5 heteroatoms. The van der Waals surface area contributed by atoms with E-state index < -0.39 is 0 Å². The highest BCUT2D eigenvalue weighted by Gasteiger charge is 2.43. The number of carbonyl (C=O) groups excluding carboxylic acids is 1. The van der Waals surface area contributed by atoms with Crippen molar-refractivity contribution in [3.63, 3.8) is 0 Å². The molecule has 0 aliphatic heterocycles. The summed E-state index contributed by atoms with van der Waals surface area (Å²) in [5.74, 6) is 0.861. The highest BCUT2D eigenvalue weighted by Crippen LogP contribution is 2.46. The summed E-state index contributed by atoms with van der Waals surface area (Å²) in [4.78, 5) is 16.4. The number of anilines is 1. The van der Waals surface area contributed by atoms with Crippen molar-refractivity contribution in [3.8, 4) is 0 Å². The number of carbonyl (C=O) groups is 1. The Morgan fingerprint density at radius 2 is 2.05 bits per heavy atom. The van der Waals surface area contributed by atoms with Crippen molar-refractivity contribution in [1.29, 1.82) is 0 Å². The van der Waals surface area contributed by atoms with Gasteiger partial charge in [0, 0.05) is 10.7 Å². The average Bonchev–Trinajstić information content (AvgIpc) is 2.44. The Morgan fingerprint density at radius 1 is 1.40 bits per heavy atom. The summed E-state index contributed by atoms with van der Waals surface area (Å²) in [6.45, 7) is 1.87. The highest BCUT2D eigenvalue weighted by molar-refractivity contribution is 9.10. The first-order chi connectivity index (χ1) is 9.56. The number of hydrogen-bond donors (Lipinski definition) is 1. The van der Waals surface area contributed by atoms with Gasteiger partial charge < -0.3 is 4.74 Å². The van der Waals surface area contributed by atoms with E-state index >= 15 is 0 Å². The molecule has 3 saturated carbocycles. The van der Waals surface area contributed by atoms with E-state index in [0.29, 0.717) is 5.69 Å². The number of halogens is 1. The lowest BCUT2D eigenvalue weighted by Gasteiger charge is -2.45. The van der Waals surface area contributed by atoms with Crippen molar-refractivity contribution in [1.82, 2.24) is 4.98 Å². The van der Waals surface area contributed by atoms with Gasteiger partial charge in [-0.15, -0.1) is 0 Å². The number of pyridine rings is 1. The number of nitrogens with zero attached hydrogens (tertiary/aromatic N) is 1. The largest absolute Gasteiger partial charge is 0.443 e. The zero-order valence-electron chi connectivity index (χ0n) is 11.6. The van der Waals surface area contributed by atoms with E-state index in [9.17, 15) is 4.79 Å². The van der Waals surface area contributed by atoms with Gasteiger partial charge >= 0.3 is 6.09 Å². The number of ether oxygens (including phenoxy) is 1. The third-order valence-corrected chi connectivity index (χ3v) is 5.06. The van der Waals surface area contributed by atoms with Crippen molar-refractivity contribution in [2.24, 2.45) is 5.92 Å². The number of fused-ring (bicyclic) bond motifs is 3. The Labute approximate surface area is 127 Å². The van der Waals surface area contributed by atoms with Crippen LogP contribution in [0.4, 0.5) is 10.5 Å². The summed E-state index contributed by atoms with van der Waals surface area (Å²) in [5.41, 5.74) is 1.27. The summed E-state index contributed by atoms with van der Waals surface area (Å²) in [5, 5.41) is 2.82. The first kappa shape index (κ1) is 13.9. The van der Waals surface area contributed by atoms with Gasteiger partial charge in [-0.3, -0.25) is 10.3 Å². The predicted octanol–water partition coefficient (Wildman–Crippen LogP) is 4.42. The molecule has 108 valence electrons. The molecule has 1 aromatic rings. The molecule has 2 bridgehead atoms. The Morgan fingerprint density at radius 3 is 2.70 bits per heavy atom. The van der Waals surface area contributed by atoms with Crippen molar-refractivity contribution < 1.29 is 9.53 Å². The van der Waals surface area contributed by atoms with E-state index in [2.05, 4.69) is 26.2 Å². The summed E-state index contributed by atoms with van der Waals surface area (Å²) in [6, 6.07) is 1.85. The molecule has 0 atom stereocenters. The summed E-state index contributed by atoms with van der Waals surface area (Å²) >= 11 is 3.36. The lowest BCUT2D eigenvalue weighted by atomic mass is 9.68. The second-order valence-corrected chi connectivity index (χ2v) is 6.88. The van der Waals surface area contributed by atoms with Crippen molar-refractivity contribution in [3.05, 3.63) is 22.4 Å². The van der Waals surface area contributed by atoms with Gasteiger partial charge in [0.25, 0.3) is 0 Å². The van der Waals surface area contributed by atoms with Gasteiger partial charge in [-0.05, 0) is 73.4 Å². The molecule has 1 N–H and O–H groups in total. The fourth-order valence-electron chi connectivity index (χ4n) is 3.33. The van der Waals surface area contributed by atoms with Crippen molar-refractivity contribution >= 4 is 27.7 Å². The number of nitrogens with one attached hydrogen (secondary N) is 1. The number of aromatic nitrogens is 1. The fraction of sp³-hybridized carbons (Fsp3) is 0.600. The monoisotopic (exact) mass is 338 g/mol. The van der Waals surface area contributed by atoms with Crippen molar-refractivity contribution in [2.45, 2.75) is 51.0 Å². The molecular formula is C15H19BrN2O2. The summed E-state index contributed by atoms with van der Waals surface area (Å²) in [7, 11) is 0. The second-order valence-electron chi connectivity index (χ2n) is 5.97. The van der Waals surface area contributed by atoms with Crippen LogP contribution in [0.1, 0.15) is 44.2 Å². The van der Waals surface area contributed by atoms with Crippen LogP contribution in [0.25, 0.3) is 0 Å². The van der Waals surface area contributed by atoms with Gasteiger partial charge in [-0.2, -0.15) is 0 Å². The van der Waals surface area contributed by atoms with Gasteiger partial charge in [0.15, 0.2) is 0 Å². The number of rotatable bonds is 2. The van der Waals surface area contributed by atoms with Crippen LogP contribution in [0.2, 0.25) is 0 Å². The van der Waals surface area contributed by atoms with Crippen LogP contribution in [0.5, 0.6) is 0 Å². The van der Waals surface area contributed by atoms with Crippen LogP contribution < -0.4 is 5.32 Å². The molecule has 4 rings (SSSR count). The van der Waals surface area contributed by atoms with E-state index in [0.717, 1.165) is 35.3 Å². The molecule has 0 radical (unpaired) electrons. The van der Waals surface area contributed by atoms with Crippen LogP contribution >= 0.6 is 15.9 Å². The smallest absolute Gasteiger partial charge is 0.412 e. The molecule has 4 nitrogen and oxygen atoms in total. The van der Waals surface area contributed by atoms with Gasteiger partial charge in [0.2, 0.25) is 0 Å². The molecule has 0 aromatic carbocycles. The predicted molar refractivity (Wildman–Crippen MR) is 80.7 cm³/mol. The third kappa shape index (κ3) is 2.82. The molecule has 20 heavy (non-hydrogen) atoms. The van der Waals surface area contributed by atoms with E-state index in [4.69, 9.17) is 4.74 Å². The maximum atomic E-state index is 12.1. The normalized spacial score (nSPS) is 28.2. The van der Waals surface area contributed by atoms with Crippen LogP contribution in [0, 0.1) is 12.8 Å². The van der Waals surface area contributed by atoms with Gasteiger partial charge in [-0.1, -0.05) is 0 Å². The quantitative estimate of drug-likeness (QED) is 0.867. The molecule has 3 aliphatic carbocycles. The van der Waals surface area contributed by atoms with Gasteiger partial charge in [0.1, 0.15) is 5.60 Å². The van der Waals surface area contributed by atoms with Crippen LogP contribution in [-0.2, 0) is 4.74 Å². The molecule has 1 amide bonds. The molecule has 3 fully saturated rings. The van der Waals surface area contributed by atoms with E-state index in [1.165, 1.54) is 19.3 Å². The second kappa shape index (κ2) is 5.35. The van der Waals surface area contributed by atoms with Crippen LogP contribution in [0.15, 0.2) is 16.7 Å². The Bertz CT molecular complexity index is 511. The van der Waals surface area contributed by atoms with Gasteiger partial charge in [-0.25, -0.2) is 4.79 Å². The fourth-order valence-corrected chi connectivity index (χ4v) is 3.66. The lowest BCUT2D eigenvalue weighted by molar-refractivity contribution is -0.0594. The molecule has 0 saturated heterocycles.